The first-order valence-electron chi connectivity index (χ1n) is 13.1. The van der Waals surface area contributed by atoms with Gasteiger partial charge in [-0.15, -0.1) is 0 Å². The summed E-state index contributed by atoms with van der Waals surface area (Å²) in [5, 5.41) is 12.6. The van der Waals surface area contributed by atoms with Crippen LogP contribution in [0, 0.1) is 11.7 Å². The highest BCUT2D eigenvalue weighted by atomic mass is 79.9. The SMILES string of the molecule is CC1CCCC(N2CCC(c3c(Br)ccc(Cl)c3F)=CC2=O)c2cccc(c2)-c2cc(C(=O)O)ccc2NC1=O. The minimum absolute atomic E-state index is 0.00500. The highest BCUT2D eigenvalue weighted by Gasteiger charge is 2.30. The normalized spacial score (nSPS) is 19.6. The molecule has 2 unspecified atom stereocenters. The molecule has 0 fully saturated rings. The van der Waals surface area contributed by atoms with Gasteiger partial charge < -0.3 is 15.3 Å². The Balaban J connectivity index is 1.56. The van der Waals surface area contributed by atoms with Crippen LogP contribution in [0.15, 0.2) is 65.1 Å². The van der Waals surface area contributed by atoms with Crippen LogP contribution < -0.4 is 5.32 Å². The van der Waals surface area contributed by atoms with Crippen molar-refractivity contribution in [3.63, 3.8) is 0 Å². The van der Waals surface area contributed by atoms with Gasteiger partial charge >= 0.3 is 5.97 Å². The number of carbonyl (C=O) groups is 3. The van der Waals surface area contributed by atoms with Gasteiger partial charge in [-0.05, 0) is 72.4 Å². The first-order chi connectivity index (χ1) is 19.1. The monoisotopic (exact) mass is 624 g/mol. The fourth-order valence-corrected chi connectivity index (χ4v) is 6.15. The maximum Gasteiger partial charge on any atom is 0.335 e. The van der Waals surface area contributed by atoms with Gasteiger partial charge in [-0.1, -0.05) is 59.1 Å². The van der Waals surface area contributed by atoms with Crippen LogP contribution >= 0.6 is 27.5 Å². The Hall–Kier alpha value is -3.49. The summed E-state index contributed by atoms with van der Waals surface area (Å²) in [5.74, 6) is -2.28. The van der Waals surface area contributed by atoms with Crippen LogP contribution in [0.1, 0.15) is 60.1 Å². The van der Waals surface area contributed by atoms with Crippen molar-refractivity contribution in [2.75, 3.05) is 11.9 Å². The van der Waals surface area contributed by atoms with Crippen molar-refractivity contribution in [2.24, 2.45) is 5.92 Å². The highest BCUT2D eigenvalue weighted by molar-refractivity contribution is 9.10. The summed E-state index contributed by atoms with van der Waals surface area (Å²) in [6.45, 7) is 2.24. The lowest BCUT2D eigenvalue weighted by molar-refractivity contribution is -0.129. The number of nitrogens with one attached hydrogen (secondary N) is 1. The van der Waals surface area contributed by atoms with Gasteiger partial charge in [0.05, 0.1) is 16.6 Å². The number of rotatable bonds is 3. The van der Waals surface area contributed by atoms with Gasteiger partial charge in [-0.25, -0.2) is 9.18 Å². The third-order valence-corrected chi connectivity index (χ3v) is 8.57. The van der Waals surface area contributed by atoms with Crippen LogP contribution in [0.5, 0.6) is 0 Å². The molecule has 2 N–H and O–H groups in total. The second kappa shape index (κ2) is 11.6. The summed E-state index contributed by atoms with van der Waals surface area (Å²) < 4.78 is 15.4. The Morgan fingerprint density at radius 1 is 1.12 bits per heavy atom. The van der Waals surface area contributed by atoms with Gasteiger partial charge in [0.25, 0.3) is 0 Å². The number of carboxylic acids is 1. The van der Waals surface area contributed by atoms with Crippen molar-refractivity contribution >= 4 is 56.6 Å². The van der Waals surface area contributed by atoms with E-state index in [0.717, 1.165) is 11.1 Å². The van der Waals surface area contributed by atoms with Gasteiger partial charge in [-0.3, -0.25) is 9.59 Å². The Morgan fingerprint density at radius 3 is 2.67 bits per heavy atom. The van der Waals surface area contributed by atoms with E-state index in [0.29, 0.717) is 59.1 Å². The van der Waals surface area contributed by atoms with Crippen molar-refractivity contribution in [3.8, 4) is 11.1 Å². The Bertz CT molecular complexity index is 1560. The fourth-order valence-electron chi connectivity index (χ4n) is 5.43. The van der Waals surface area contributed by atoms with Crippen molar-refractivity contribution in [1.29, 1.82) is 0 Å². The summed E-state index contributed by atoms with van der Waals surface area (Å²) in [5.41, 5.74) is 3.76. The smallest absolute Gasteiger partial charge is 0.335 e. The molecule has 0 aromatic heterocycles. The number of fused-ring (bicyclic) bond motifs is 4. The first kappa shape index (κ1) is 28.1. The number of anilines is 1. The molecule has 3 aromatic carbocycles. The number of hydrogen-bond acceptors (Lipinski definition) is 3. The minimum atomic E-state index is -1.06. The highest BCUT2D eigenvalue weighted by Crippen LogP contribution is 2.39. The molecule has 40 heavy (non-hydrogen) atoms. The van der Waals surface area contributed by atoms with Crippen LogP contribution in [0.3, 0.4) is 0 Å². The molecule has 2 bridgehead atoms. The molecule has 9 heteroatoms. The van der Waals surface area contributed by atoms with Gasteiger partial charge in [0.1, 0.15) is 5.82 Å². The maximum absolute atomic E-state index is 14.9. The number of carboxylic acid groups (broad SMARTS) is 1. The first-order valence-corrected chi connectivity index (χ1v) is 14.2. The van der Waals surface area contributed by atoms with E-state index in [4.69, 9.17) is 11.6 Å². The third kappa shape index (κ3) is 5.56. The molecule has 2 aliphatic heterocycles. The molecular weight excluding hydrogens is 599 g/mol. The Kier molecular flexibility index (Phi) is 8.10. The molecular formula is C31H27BrClFN2O4. The van der Waals surface area contributed by atoms with Gasteiger partial charge in [0.15, 0.2) is 0 Å². The molecule has 2 heterocycles. The van der Waals surface area contributed by atoms with Crippen LogP contribution in [-0.4, -0.2) is 34.3 Å². The summed E-state index contributed by atoms with van der Waals surface area (Å²) in [7, 11) is 0. The Morgan fingerprint density at radius 2 is 1.93 bits per heavy atom. The van der Waals surface area contributed by atoms with E-state index in [1.807, 2.05) is 31.2 Å². The number of amides is 2. The summed E-state index contributed by atoms with van der Waals surface area (Å²) in [4.78, 5) is 40.0. The Labute approximate surface area is 245 Å². The van der Waals surface area contributed by atoms with Crippen LogP contribution in [0.25, 0.3) is 16.7 Å². The molecule has 6 nitrogen and oxygen atoms in total. The predicted octanol–water partition coefficient (Wildman–Crippen LogP) is 7.72. The molecule has 5 rings (SSSR count). The van der Waals surface area contributed by atoms with Crippen LogP contribution in [0.4, 0.5) is 10.1 Å². The van der Waals surface area contributed by atoms with E-state index in [2.05, 4.69) is 21.2 Å². The molecule has 2 aliphatic rings. The molecule has 0 spiro atoms. The summed E-state index contributed by atoms with van der Waals surface area (Å²) in [6.07, 6.45) is 3.89. The largest absolute Gasteiger partial charge is 0.478 e. The molecule has 2 amide bonds. The fraction of sp³-hybridized carbons (Fsp3) is 0.258. The van der Waals surface area contributed by atoms with Crippen molar-refractivity contribution in [2.45, 2.75) is 38.6 Å². The molecule has 0 radical (unpaired) electrons. The second-order valence-electron chi connectivity index (χ2n) is 10.2. The molecule has 3 aromatic rings. The van der Waals surface area contributed by atoms with Gasteiger partial charge in [0, 0.05) is 39.8 Å². The number of hydrogen-bond donors (Lipinski definition) is 2. The number of nitrogens with zero attached hydrogens (tertiary/aromatic N) is 1. The predicted molar refractivity (Wildman–Crippen MR) is 157 cm³/mol. The van der Waals surface area contributed by atoms with E-state index in [1.165, 1.54) is 18.2 Å². The molecule has 0 saturated heterocycles. The lowest BCUT2D eigenvalue weighted by atomic mass is 9.90. The molecule has 0 saturated carbocycles. The summed E-state index contributed by atoms with van der Waals surface area (Å²) in [6, 6.07) is 15.2. The standard InChI is InChI=1S/C31H27BrClFN2O4/c1-17-4-2-7-26(36-13-12-20(16-27(36)37)28-23(32)9-10-24(33)29(28)34)19-6-3-5-18(14-19)22-15-21(31(39)40)8-11-25(22)35-30(17)38/h3,5-6,8-11,14-17,26H,2,4,7,12-13H2,1H3,(H,35,38)(H,39,40). The number of carbonyl (C=O) groups excluding carboxylic acids is 2. The lowest BCUT2D eigenvalue weighted by Gasteiger charge is -2.35. The van der Waals surface area contributed by atoms with E-state index < -0.39 is 11.8 Å². The van der Waals surface area contributed by atoms with Crippen molar-refractivity contribution < 1.29 is 23.9 Å². The molecule has 0 aliphatic carbocycles. The molecule has 2 atom stereocenters. The van der Waals surface area contributed by atoms with E-state index in [-0.39, 0.29) is 34.4 Å². The number of halogens is 3. The van der Waals surface area contributed by atoms with E-state index in [1.54, 1.807) is 23.1 Å². The zero-order valence-corrected chi connectivity index (χ0v) is 24.1. The minimum Gasteiger partial charge on any atom is -0.478 e. The average Bonchev–Trinajstić information content (AvgIpc) is 2.93. The third-order valence-electron chi connectivity index (χ3n) is 7.61. The quantitative estimate of drug-likeness (QED) is 0.292. The lowest BCUT2D eigenvalue weighted by Crippen LogP contribution is -2.37. The maximum atomic E-state index is 14.9. The number of benzene rings is 3. The average molecular weight is 626 g/mol. The molecule has 206 valence electrons. The van der Waals surface area contributed by atoms with E-state index >= 15 is 0 Å². The van der Waals surface area contributed by atoms with Crippen LogP contribution in [0.2, 0.25) is 5.02 Å². The summed E-state index contributed by atoms with van der Waals surface area (Å²) >= 11 is 9.41. The van der Waals surface area contributed by atoms with Gasteiger partial charge in [-0.2, -0.15) is 0 Å². The topological polar surface area (TPSA) is 86.7 Å². The zero-order chi connectivity index (χ0) is 28.6. The second-order valence-corrected chi connectivity index (χ2v) is 11.5. The number of aromatic carboxylic acids is 1. The van der Waals surface area contributed by atoms with Crippen LogP contribution in [-0.2, 0) is 9.59 Å². The van der Waals surface area contributed by atoms with E-state index in [9.17, 15) is 23.9 Å². The van der Waals surface area contributed by atoms with Crippen molar-refractivity contribution in [1.82, 2.24) is 4.90 Å². The van der Waals surface area contributed by atoms with Gasteiger partial charge in [0.2, 0.25) is 11.8 Å². The zero-order valence-electron chi connectivity index (χ0n) is 21.7. The van der Waals surface area contributed by atoms with Crippen molar-refractivity contribution in [3.05, 3.63) is 92.7 Å².